The van der Waals surface area contributed by atoms with Crippen LogP contribution < -0.4 is 18.9 Å². The Hall–Kier alpha value is -2.95. The van der Waals surface area contributed by atoms with Gasteiger partial charge in [-0.15, -0.1) is 0 Å². The Morgan fingerprint density at radius 3 is 2.74 bits per heavy atom. The molecule has 0 aliphatic carbocycles. The van der Waals surface area contributed by atoms with Gasteiger partial charge in [-0.05, 0) is 48.4 Å². The molecule has 2 aromatic rings. The molecule has 0 saturated carbocycles. The second-order valence-electron chi connectivity index (χ2n) is 5.02. The van der Waals surface area contributed by atoms with Gasteiger partial charge in [0, 0.05) is 6.08 Å². The second-order valence-corrected chi connectivity index (χ2v) is 5.02. The summed E-state index contributed by atoms with van der Waals surface area (Å²) in [6.45, 7) is 2.16. The number of fused-ring (bicyclic) bond motifs is 1. The number of esters is 1. The van der Waals surface area contributed by atoms with Crippen molar-refractivity contribution in [3.8, 4) is 23.0 Å². The smallest absolute Gasteiger partial charge is 0.336 e. The molecule has 0 amide bonds. The Balaban J connectivity index is 1.70. The molecule has 0 saturated heterocycles. The van der Waals surface area contributed by atoms with E-state index in [0.717, 1.165) is 11.1 Å². The number of aryl methyl sites for hydroxylation is 1. The van der Waals surface area contributed by atoms with E-state index in [1.165, 1.54) is 13.2 Å². The van der Waals surface area contributed by atoms with Crippen LogP contribution in [-0.2, 0) is 4.79 Å². The summed E-state index contributed by atoms with van der Waals surface area (Å²) in [6, 6.07) is 10.8. The van der Waals surface area contributed by atoms with Gasteiger partial charge in [0.15, 0.2) is 23.0 Å². The van der Waals surface area contributed by atoms with E-state index in [-0.39, 0.29) is 6.79 Å². The maximum atomic E-state index is 12.0. The van der Waals surface area contributed by atoms with E-state index in [9.17, 15) is 4.79 Å². The van der Waals surface area contributed by atoms with Crippen LogP contribution in [0.25, 0.3) is 6.08 Å². The van der Waals surface area contributed by atoms with Crippen LogP contribution in [0.4, 0.5) is 0 Å². The van der Waals surface area contributed by atoms with Gasteiger partial charge in [0.25, 0.3) is 0 Å². The fourth-order valence-electron chi connectivity index (χ4n) is 2.18. The molecule has 0 radical (unpaired) electrons. The van der Waals surface area contributed by atoms with Crippen molar-refractivity contribution >= 4 is 12.0 Å². The number of ether oxygens (including phenoxy) is 4. The van der Waals surface area contributed by atoms with E-state index in [4.69, 9.17) is 18.9 Å². The number of hydrogen-bond donors (Lipinski definition) is 0. The maximum absolute atomic E-state index is 12.0. The van der Waals surface area contributed by atoms with Crippen molar-refractivity contribution in [1.29, 1.82) is 0 Å². The number of methoxy groups -OCH3 is 1. The molecule has 1 heterocycles. The van der Waals surface area contributed by atoms with Gasteiger partial charge < -0.3 is 18.9 Å². The molecule has 0 atom stereocenters. The third-order valence-corrected chi connectivity index (χ3v) is 3.34. The largest absolute Gasteiger partial charge is 0.493 e. The number of carbonyl (C=O) groups is 1. The van der Waals surface area contributed by atoms with Gasteiger partial charge in [0.05, 0.1) is 7.11 Å². The molecule has 23 heavy (non-hydrogen) atoms. The molecule has 0 unspecified atom stereocenters. The molecule has 5 heteroatoms. The number of carbonyl (C=O) groups excluding carboxylic acids is 1. The molecule has 118 valence electrons. The van der Waals surface area contributed by atoms with E-state index < -0.39 is 5.97 Å². The molecule has 0 bridgehead atoms. The van der Waals surface area contributed by atoms with Crippen LogP contribution in [0.3, 0.4) is 0 Å². The van der Waals surface area contributed by atoms with E-state index in [1.54, 1.807) is 24.3 Å². The average Bonchev–Trinajstić information content (AvgIpc) is 3.02. The predicted octanol–water partition coefficient (Wildman–Crippen LogP) is 3.35. The predicted molar refractivity (Wildman–Crippen MR) is 85.0 cm³/mol. The van der Waals surface area contributed by atoms with Crippen LogP contribution in [0, 0.1) is 6.92 Å². The van der Waals surface area contributed by atoms with E-state index in [1.807, 2.05) is 25.1 Å². The molecular formula is C18H16O5. The number of rotatable bonds is 4. The lowest BCUT2D eigenvalue weighted by atomic mass is 10.2. The summed E-state index contributed by atoms with van der Waals surface area (Å²) in [7, 11) is 1.54. The molecule has 3 rings (SSSR count). The highest BCUT2D eigenvalue weighted by atomic mass is 16.7. The molecule has 1 aliphatic heterocycles. The van der Waals surface area contributed by atoms with Crippen molar-refractivity contribution in [3.05, 3.63) is 53.6 Å². The Kier molecular flexibility index (Phi) is 4.19. The highest BCUT2D eigenvalue weighted by molar-refractivity contribution is 5.89. The van der Waals surface area contributed by atoms with Gasteiger partial charge in [-0.1, -0.05) is 12.1 Å². The summed E-state index contributed by atoms with van der Waals surface area (Å²) >= 11 is 0. The minimum atomic E-state index is -0.482. The molecule has 2 aromatic carbocycles. The van der Waals surface area contributed by atoms with Crippen LogP contribution in [0.15, 0.2) is 42.5 Å². The Labute approximate surface area is 134 Å². The highest BCUT2D eigenvalue weighted by Crippen LogP contribution is 2.33. The third kappa shape index (κ3) is 3.45. The van der Waals surface area contributed by atoms with Crippen molar-refractivity contribution < 1.29 is 23.7 Å². The van der Waals surface area contributed by atoms with Crippen LogP contribution in [0.5, 0.6) is 23.0 Å². The number of benzene rings is 2. The zero-order valence-electron chi connectivity index (χ0n) is 12.9. The summed E-state index contributed by atoms with van der Waals surface area (Å²) in [5.41, 5.74) is 1.85. The lowest BCUT2D eigenvalue weighted by Crippen LogP contribution is -2.05. The summed E-state index contributed by atoms with van der Waals surface area (Å²) in [5, 5.41) is 0. The van der Waals surface area contributed by atoms with E-state index in [0.29, 0.717) is 23.0 Å². The molecule has 5 nitrogen and oxygen atoms in total. The van der Waals surface area contributed by atoms with E-state index >= 15 is 0 Å². The first-order chi connectivity index (χ1) is 11.2. The molecule has 0 spiro atoms. The monoisotopic (exact) mass is 312 g/mol. The van der Waals surface area contributed by atoms with Crippen molar-refractivity contribution in [2.75, 3.05) is 13.9 Å². The fourth-order valence-corrected chi connectivity index (χ4v) is 2.18. The summed E-state index contributed by atoms with van der Waals surface area (Å²) < 4.78 is 21.0. The summed E-state index contributed by atoms with van der Waals surface area (Å²) in [4.78, 5) is 12.0. The van der Waals surface area contributed by atoms with Crippen LogP contribution in [0.2, 0.25) is 0 Å². The Bertz CT molecular complexity index is 764. The Morgan fingerprint density at radius 1 is 1.09 bits per heavy atom. The van der Waals surface area contributed by atoms with Crippen molar-refractivity contribution in [2.45, 2.75) is 6.92 Å². The normalized spacial score (nSPS) is 12.4. The summed E-state index contributed by atoms with van der Waals surface area (Å²) in [5.74, 6) is 1.80. The highest BCUT2D eigenvalue weighted by Gasteiger charge is 2.12. The summed E-state index contributed by atoms with van der Waals surface area (Å²) in [6.07, 6.45) is 3.02. The van der Waals surface area contributed by atoms with Gasteiger partial charge >= 0.3 is 5.97 Å². The minimum absolute atomic E-state index is 0.220. The molecule has 0 aromatic heterocycles. The van der Waals surface area contributed by atoms with Crippen molar-refractivity contribution in [1.82, 2.24) is 0 Å². The van der Waals surface area contributed by atoms with Gasteiger partial charge in [-0.25, -0.2) is 4.79 Å². The Morgan fingerprint density at radius 2 is 1.91 bits per heavy atom. The van der Waals surface area contributed by atoms with Gasteiger partial charge in [0.1, 0.15) is 0 Å². The zero-order chi connectivity index (χ0) is 16.2. The molecule has 0 N–H and O–H groups in total. The molecule has 1 aliphatic rings. The molecular weight excluding hydrogens is 296 g/mol. The maximum Gasteiger partial charge on any atom is 0.336 e. The van der Waals surface area contributed by atoms with Gasteiger partial charge in [0.2, 0.25) is 6.79 Å². The third-order valence-electron chi connectivity index (χ3n) is 3.34. The lowest BCUT2D eigenvalue weighted by molar-refractivity contribution is -0.129. The fraction of sp³-hybridized carbons (Fsp3) is 0.167. The minimum Gasteiger partial charge on any atom is -0.493 e. The topological polar surface area (TPSA) is 54.0 Å². The van der Waals surface area contributed by atoms with Crippen LogP contribution in [-0.4, -0.2) is 19.9 Å². The van der Waals surface area contributed by atoms with Crippen LogP contribution in [0.1, 0.15) is 11.1 Å². The van der Waals surface area contributed by atoms with Crippen LogP contribution >= 0.6 is 0 Å². The first-order valence-electron chi connectivity index (χ1n) is 7.10. The van der Waals surface area contributed by atoms with E-state index in [2.05, 4.69) is 0 Å². The zero-order valence-corrected chi connectivity index (χ0v) is 12.9. The van der Waals surface area contributed by atoms with Gasteiger partial charge in [-0.3, -0.25) is 0 Å². The standard InChI is InChI=1S/C18H16O5/c1-12-3-6-15(16(9-12)20-2)23-18(19)8-5-13-4-7-14-17(10-13)22-11-21-14/h3-10H,11H2,1-2H3/b8-5+. The van der Waals surface area contributed by atoms with Crippen molar-refractivity contribution in [3.63, 3.8) is 0 Å². The van der Waals surface area contributed by atoms with Crippen molar-refractivity contribution in [2.24, 2.45) is 0 Å². The van der Waals surface area contributed by atoms with Gasteiger partial charge in [-0.2, -0.15) is 0 Å². The lowest BCUT2D eigenvalue weighted by Gasteiger charge is -2.08. The SMILES string of the molecule is COc1cc(C)ccc1OC(=O)/C=C/c1ccc2c(c1)OCO2. The second kappa shape index (κ2) is 6.44. The average molecular weight is 312 g/mol. The number of hydrogen-bond acceptors (Lipinski definition) is 5. The quantitative estimate of drug-likeness (QED) is 0.492. The first kappa shape index (κ1) is 15.0. The first-order valence-corrected chi connectivity index (χ1v) is 7.10. The molecule has 0 fully saturated rings.